The van der Waals surface area contributed by atoms with Gasteiger partial charge in [-0.1, -0.05) is 0 Å². The number of amides is 2. The number of carbonyl (C=O) groups excluding carboxylic acids is 1. The minimum absolute atomic E-state index is 0.00523. The minimum Gasteiger partial charge on any atom is -0.394 e. The number of hydrogen-bond acceptors (Lipinski definition) is 3. The predicted octanol–water partition coefficient (Wildman–Crippen LogP) is 0.762. The molecule has 0 radical (unpaired) electrons. The zero-order chi connectivity index (χ0) is 11.0. The molecule has 0 fully saturated rings. The van der Waals surface area contributed by atoms with Crippen LogP contribution < -0.4 is 5.32 Å². The lowest BCUT2D eigenvalue weighted by Crippen LogP contribution is -2.44. The van der Waals surface area contributed by atoms with Crippen molar-refractivity contribution in [3.8, 4) is 0 Å². The Kier molecular flexibility index (Phi) is 7.70. The van der Waals surface area contributed by atoms with E-state index in [1.807, 2.05) is 13.2 Å². The van der Waals surface area contributed by atoms with E-state index in [1.165, 1.54) is 4.90 Å². The molecule has 1 unspecified atom stereocenters. The summed E-state index contributed by atoms with van der Waals surface area (Å²) in [5.74, 6) is 1.06. The molecule has 0 spiro atoms. The number of hydrogen-bond donors (Lipinski definition) is 2. The van der Waals surface area contributed by atoms with E-state index in [0.717, 1.165) is 12.2 Å². The second-order valence-electron chi connectivity index (χ2n) is 3.22. The van der Waals surface area contributed by atoms with Gasteiger partial charge in [0.2, 0.25) is 0 Å². The van der Waals surface area contributed by atoms with Crippen molar-refractivity contribution in [1.29, 1.82) is 0 Å². The van der Waals surface area contributed by atoms with Gasteiger partial charge in [0.15, 0.2) is 0 Å². The molecule has 0 aliphatic rings. The Morgan fingerprint density at radius 1 is 1.64 bits per heavy atom. The first-order valence-corrected chi connectivity index (χ1v) is 6.13. The molecule has 1 atom stereocenters. The maximum atomic E-state index is 11.4. The Hall–Kier alpha value is -0.420. The van der Waals surface area contributed by atoms with Gasteiger partial charge in [0.05, 0.1) is 12.6 Å². The number of likely N-dealkylation sites (N-methyl/N-ethyl adjacent to an activating group) is 1. The number of rotatable bonds is 6. The molecule has 2 N–H and O–H groups in total. The molecular formula is C9H20N2O2S. The van der Waals surface area contributed by atoms with E-state index in [0.29, 0.717) is 6.54 Å². The lowest BCUT2D eigenvalue weighted by molar-refractivity contribution is 0.157. The Labute approximate surface area is 90.0 Å². The van der Waals surface area contributed by atoms with Gasteiger partial charge in [-0.15, -0.1) is 0 Å². The molecule has 14 heavy (non-hydrogen) atoms. The SMILES string of the molecule is CSCCCNC(=O)N(C)C(C)CO. The summed E-state index contributed by atoms with van der Waals surface area (Å²) in [4.78, 5) is 12.9. The summed E-state index contributed by atoms with van der Waals surface area (Å²) in [5, 5.41) is 11.6. The predicted molar refractivity (Wildman–Crippen MR) is 60.7 cm³/mol. The average Bonchev–Trinajstić information content (AvgIpc) is 2.21. The summed E-state index contributed by atoms with van der Waals surface area (Å²) in [5.41, 5.74) is 0. The van der Waals surface area contributed by atoms with E-state index in [1.54, 1.807) is 18.8 Å². The van der Waals surface area contributed by atoms with Crippen molar-refractivity contribution in [3.63, 3.8) is 0 Å². The molecular weight excluding hydrogens is 200 g/mol. The third kappa shape index (κ3) is 5.34. The highest BCUT2D eigenvalue weighted by Gasteiger charge is 2.13. The highest BCUT2D eigenvalue weighted by molar-refractivity contribution is 7.98. The summed E-state index contributed by atoms with van der Waals surface area (Å²) in [6.07, 6.45) is 3.02. The summed E-state index contributed by atoms with van der Waals surface area (Å²) in [6.45, 7) is 2.50. The monoisotopic (exact) mass is 220 g/mol. The molecule has 0 aromatic rings. The van der Waals surface area contributed by atoms with Crippen molar-refractivity contribution in [2.75, 3.05) is 32.2 Å². The summed E-state index contributed by atoms with van der Waals surface area (Å²) in [7, 11) is 1.69. The Morgan fingerprint density at radius 2 is 2.29 bits per heavy atom. The number of nitrogens with one attached hydrogen (secondary N) is 1. The standard InChI is InChI=1S/C9H20N2O2S/c1-8(7-12)11(2)9(13)10-5-4-6-14-3/h8,12H,4-7H2,1-3H3,(H,10,13). The van der Waals surface area contributed by atoms with Crippen LogP contribution in [-0.4, -0.2) is 54.3 Å². The van der Waals surface area contributed by atoms with Gasteiger partial charge < -0.3 is 15.3 Å². The maximum absolute atomic E-state index is 11.4. The van der Waals surface area contributed by atoms with Gasteiger partial charge in [0.25, 0.3) is 0 Å². The number of aliphatic hydroxyl groups excluding tert-OH is 1. The van der Waals surface area contributed by atoms with Gasteiger partial charge in [-0.3, -0.25) is 0 Å². The van der Waals surface area contributed by atoms with Crippen LogP contribution in [-0.2, 0) is 0 Å². The van der Waals surface area contributed by atoms with Crippen LogP contribution in [0.3, 0.4) is 0 Å². The number of carbonyl (C=O) groups is 1. The average molecular weight is 220 g/mol. The van der Waals surface area contributed by atoms with Crippen LogP contribution in [0.5, 0.6) is 0 Å². The topological polar surface area (TPSA) is 52.6 Å². The quantitative estimate of drug-likeness (QED) is 0.650. The molecule has 0 aromatic carbocycles. The lowest BCUT2D eigenvalue weighted by Gasteiger charge is -2.23. The second kappa shape index (κ2) is 7.94. The lowest BCUT2D eigenvalue weighted by atomic mass is 10.3. The summed E-state index contributed by atoms with van der Waals surface area (Å²) >= 11 is 1.77. The third-order valence-electron chi connectivity index (χ3n) is 2.05. The number of aliphatic hydroxyl groups is 1. The zero-order valence-electron chi connectivity index (χ0n) is 9.12. The summed E-state index contributed by atoms with van der Waals surface area (Å²) in [6, 6.07) is -0.247. The van der Waals surface area contributed by atoms with Crippen molar-refractivity contribution in [3.05, 3.63) is 0 Å². The number of nitrogens with zero attached hydrogens (tertiary/aromatic N) is 1. The van der Waals surface area contributed by atoms with Gasteiger partial charge in [-0.2, -0.15) is 11.8 Å². The Morgan fingerprint density at radius 3 is 2.79 bits per heavy atom. The first kappa shape index (κ1) is 13.6. The molecule has 0 heterocycles. The van der Waals surface area contributed by atoms with Crippen LogP contribution in [0.25, 0.3) is 0 Å². The van der Waals surface area contributed by atoms with E-state index < -0.39 is 0 Å². The van der Waals surface area contributed by atoms with Gasteiger partial charge in [0.1, 0.15) is 0 Å². The molecule has 0 aromatic heterocycles. The largest absolute Gasteiger partial charge is 0.394 e. The van der Waals surface area contributed by atoms with Gasteiger partial charge in [-0.25, -0.2) is 4.79 Å². The molecule has 0 aliphatic carbocycles. The fraction of sp³-hybridized carbons (Fsp3) is 0.889. The van der Waals surface area contributed by atoms with Gasteiger partial charge in [0, 0.05) is 13.6 Å². The van der Waals surface area contributed by atoms with Gasteiger partial charge in [-0.05, 0) is 25.4 Å². The van der Waals surface area contributed by atoms with E-state index in [2.05, 4.69) is 5.32 Å². The zero-order valence-corrected chi connectivity index (χ0v) is 9.93. The molecule has 5 heteroatoms. The van der Waals surface area contributed by atoms with Crippen LogP contribution in [0.15, 0.2) is 0 Å². The molecule has 84 valence electrons. The minimum atomic E-state index is -0.129. The van der Waals surface area contributed by atoms with Crippen molar-refractivity contribution in [2.24, 2.45) is 0 Å². The first-order chi connectivity index (χ1) is 6.63. The number of thioether (sulfide) groups is 1. The molecule has 0 saturated carbocycles. The number of urea groups is 1. The Bertz CT molecular complexity index is 167. The fourth-order valence-electron chi connectivity index (χ4n) is 0.859. The molecule has 2 amide bonds. The van der Waals surface area contributed by atoms with Crippen LogP contribution in [0, 0.1) is 0 Å². The smallest absolute Gasteiger partial charge is 0.317 e. The van der Waals surface area contributed by atoms with Crippen molar-refractivity contribution < 1.29 is 9.90 Å². The van der Waals surface area contributed by atoms with Crippen LogP contribution >= 0.6 is 11.8 Å². The third-order valence-corrected chi connectivity index (χ3v) is 2.74. The van der Waals surface area contributed by atoms with Crippen molar-refractivity contribution in [1.82, 2.24) is 10.2 Å². The fourth-order valence-corrected chi connectivity index (χ4v) is 1.29. The van der Waals surface area contributed by atoms with Crippen LogP contribution in [0.2, 0.25) is 0 Å². The van der Waals surface area contributed by atoms with E-state index in [4.69, 9.17) is 5.11 Å². The first-order valence-electron chi connectivity index (χ1n) is 4.74. The van der Waals surface area contributed by atoms with E-state index in [-0.39, 0.29) is 18.7 Å². The molecule has 4 nitrogen and oxygen atoms in total. The molecule has 0 saturated heterocycles. The normalized spacial score (nSPS) is 12.3. The molecule has 0 bridgehead atoms. The second-order valence-corrected chi connectivity index (χ2v) is 4.21. The van der Waals surface area contributed by atoms with E-state index in [9.17, 15) is 4.79 Å². The Balaban J connectivity index is 3.62. The highest BCUT2D eigenvalue weighted by atomic mass is 32.2. The molecule has 0 aliphatic heterocycles. The van der Waals surface area contributed by atoms with Crippen molar-refractivity contribution >= 4 is 17.8 Å². The summed E-state index contributed by atoms with van der Waals surface area (Å²) < 4.78 is 0. The highest BCUT2D eigenvalue weighted by Crippen LogP contribution is 1.96. The maximum Gasteiger partial charge on any atom is 0.317 e. The van der Waals surface area contributed by atoms with Gasteiger partial charge >= 0.3 is 6.03 Å². The van der Waals surface area contributed by atoms with Crippen LogP contribution in [0.4, 0.5) is 4.79 Å². The van der Waals surface area contributed by atoms with Crippen LogP contribution in [0.1, 0.15) is 13.3 Å². The molecule has 0 rings (SSSR count). The van der Waals surface area contributed by atoms with E-state index >= 15 is 0 Å². The van der Waals surface area contributed by atoms with Crippen molar-refractivity contribution in [2.45, 2.75) is 19.4 Å².